The number of aromatic nitrogens is 2. The van der Waals surface area contributed by atoms with Gasteiger partial charge in [-0.15, -0.1) is 0 Å². The molecule has 0 aliphatic heterocycles. The van der Waals surface area contributed by atoms with Gasteiger partial charge in [0.05, 0.1) is 0 Å². The second-order valence-corrected chi connectivity index (χ2v) is 5.88. The Labute approximate surface area is 134 Å². The van der Waals surface area contributed by atoms with Crippen LogP contribution in [0.4, 0.5) is 26.1 Å². The highest BCUT2D eigenvalue weighted by Crippen LogP contribution is 2.22. The van der Waals surface area contributed by atoms with Gasteiger partial charge in [-0.3, -0.25) is 0 Å². The minimum Gasteiger partial charge on any atom is -0.367 e. The van der Waals surface area contributed by atoms with Crippen molar-refractivity contribution in [3.63, 3.8) is 0 Å². The topological polar surface area (TPSA) is 49.8 Å². The summed E-state index contributed by atoms with van der Waals surface area (Å²) in [6.45, 7) is 0. The van der Waals surface area contributed by atoms with E-state index in [0.717, 1.165) is 30.8 Å². The lowest BCUT2D eigenvalue weighted by Gasteiger charge is -2.17. The van der Waals surface area contributed by atoms with Gasteiger partial charge in [0.1, 0.15) is 18.0 Å². The predicted octanol–water partition coefficient (Wildman–Crippen LogP) is 4.63. The first-order chi connectivity index (χ1) is 11.2. The van der Waals surface area contributed by atoms with E-state index in [1.807, 2.05) is 0 Å². The molecule has 0 radical (unpaired) electrons. The minimum absolute atomic E-state index is 0.434. The van der Waals surface area contributed by atoms with Crippen LogP contribution in [0.5, 0.6) is 0 Å². The summed E-state index contributed by atoms with van der Waals surface area (Å²) < 4.78 is 26.2. The summed E-state index contributed by atoms with van der Waals surface area (Å²) in [4.78, 5) is 8.36. The molecule has 122 valence electrons. The van der Waals surface area contributed by atoms with Gasteiger partial charge in [0.2, 0.25) is 0 Å². The number of anilines is 3. The summed E-state index contributed by atoms with van der Waals surface area (Å²) in [5.74, 6) is -0.464. The van der Waals surface area contributed by atoms with Gasteiger partial charge in [-0.1, -0.05) is 25.7 Å². The SMILES string of the molecule is Fc1ccc(Nc2cc(NC3CCCCCC3)ncn2)cc1F. The van der Waals surface area contributed by atoms with E-state index in [2.05, 4.69) is 20.6 Å². The van der Waals surface area contributed by atoms with Gasteiger partial charge in [0.25, 0.3) is 0 Å². The molecule has 6 heteroatoms. The van der Waals surface area contributed by atoms with Crippen LogP contribution < -0.4 is 10.6 Å². The van der Waals surface area contributed by atoms with E-state index in [1.54, 1.807) is 6.07 Å². The minimum atomic E-state index is -0.888. The van der Waals surface area contributed by atoms with Crippen LogP contribution in [-0.2, 0) is 0 Å². The average molecular weight is 318 g/mol. The van der Waals surface area contributed by atoms with E-state index in [9.17, 15) is 8.78 Å². The summed E-state index contributed by atoms with van der Waals surface area (Å²) in [5, 5.41) is 6.41. The molecule has 0 atom stereocenters. The van der Waals surface area contributed by atoms with E-state index in [4.69, 9.17) is 0 Å². The maximum absolute atomic E-state index is 13.2. The third kappa shape index (κ3) is 4.37. The maximum atomic E-state index is 13.2. The Kier molecular flexibility index (Phi) is 5.00. The first-order valence-corrected chi connectivity index (χ1v) is 8.01. The zero-order valence-electron chi connectivity index (χ0n) is 12.9. The smallest absolute Gasteiger partial charge is 0.160 e. The Bertz CT molecular complexity index is 655. The molecule has 1 aliphatic carbocycles. The molecule has 1 aromatic carbocycles. The molecule has 2 N–H and O–H groups in total. The lowest BCUT2D eigenvalue weighted by molar-refractivity contribution is 0.509. The number of hydrogen-bond acceptors (Lipinski definition) is 4. The van der Waals surface area contributed by atoms with Crippen LogP contribution in [0, 0.1) is 11.6 Å². The van der Waals surface area contributed by atoms with Crippen LogP contribution in [0.3, 0.4) is 0 Å². The van der Waals surface area contributed by atoms with E-state index in [-0.39, 0.29) is 0 Å². The molecule has 0 spiro atoms. The molecule has 1 heterocycles. The van der Waals surface area contributed by atoms with Gasteiger partial charge in [0.15, 0.2) is 11.6 Å². The first kappa shape index (κ1) is 15.6. The summed E-state index contributed by atoms with van der Waals surface area (Å²) >= 11 is 0. The lowest BCUT2D eigenvalue weighted by Crippen LogP contribution is -2.19. The molecular formula is C17H20F2N4. The van der Waals surface area contributed by atoms with Crippen molar-refractivity contribution in [3.05, 3.63) is 42.2 Å². The fourth-order valence-electron chi connectivity index (χ4n) is 2.86. The fourth-order valence-corrected chi connectivity index (χ4v) is 2.86. The van der Waals surface area contributed by atoms with E-state index in [1.165, 1.54) is 38.1 Å². The van der Waals surface area contributed by atoms with Crippen LogP contribution in [0.2, 0.25) is 0 Å². The predicted molar refractivity (Wildman–Crippen MR) is 86.8 cm³/mol. The van der Waals surface area contributed by atoms with Crippen molar-refractivity contribution in [2.24, 2.45) is 0 Å². The Hall–Kier alpha value is -2.24. The largest absolute Gasteiger partial charge is 0.367 e. The Morgan fingerprint density at radius 1 is 0.870 bits per heavy atom. The highest BCUT2D eigenvalue weighted by Gasteiger charge is 2.12. The molecule has 0 bridgehead atoms. The third-order valence-corrected chi connectivity index (χ3v) is 4.07. The van der Waals surface area contributed by atoms with Gasteiger partial charge in [-0.25, -0.2) is 18.7 Å². The quantitative estimate of drug-likeness (QED) is 0.807. The first-order valence-electron chi connectivity index (χ1n) is 8.01. The van der Waals surface area contributed by atoms with Crippen molar-refractivity contribution >= 4 is 17.3 Å². The van der Waals surface area contributed by atoms with Crippen molar-refractivity contribution < 1.29 is 8.78 Å². The van der Waals surface area contributed by atoms with Crippen LogP contribution in [0.1, 0.15) is 38.5 Å². The van der Waals surface area contributed by atoms with E-state index < -0.39 is 11.6 Å². The van der Waals surface area contributed by atoms with Gasteiger partial charge < -0.3 is 10.6 Å². The van der Waals surface area contributed by atoms with Crippen molar-refractivity contribution in [1.29, 1.82) is 0 Å². The molecule has 0 unspecified atom stereocenters. The molecule has 1 saturated carbocycles. The van der Waals surface area contributed by atoms with E-state index in [0.29, 0.717) is 17.5 Å². The molecule has 0 saturated heterocycles. The lowest BCUT2D eigenvalue weighted by atomic mass is 10.1. The van der Waals surface area contributed by atoms with Crippen LogP contribution in [0.25, 0.3) is 0 Å². The highest BCUT2D eigenvalue weighted by molar-refractivity contribution is 5.58. The van der Waals surface area contributed by atoms with Gasteiger partial charge in [0, 0.05) is 23.9 Å². The van der Waals surface area contributed by atoms with Gasteiger partial charge >= 0.3 is 0 Å². The second-order valence-electron chi connectivity index (χ2n) is 5.88. The van der Waals surface area contributed by atoms with Crippen LogP contribution in [-0.4, -0.2) is 16.0 Å². The van der Waals surface area contributed by atoms with Crippen LogP contribution in [0.15, 0.2) is 30.6 Å². The zero-order chi connectivity index (χ0) is 16.1. The van der Waals surface area contributed by atoms with Crippen molar-refractivity contribution in [3.8, 4) is 0 Å². The Balaban J connectivity index is 1.67. The summed E-state index contributed by atoms with van der Waals surface area (Å²) in [6, 6.07) is 5.88. The maximum Gasteiger partial charge on any atom is 0.160 e. The van der Waals surface area contributed by atoms with Gasteiger partial charge in [-0.2, -0.15) is 0 Å². The molecule has 23 heavy (non-hydrogen) atoms. The molecule has 4 nitrogen and oxygen atoms in total. The fraction of sp³-hybridized carbons (Fsp3) is 0.412. The van der Waals surface area contributed by atoms with E-state index >= 15 is 0 Å². The normalized spacial score (nSPS) is 15.9. The molecule has 2 aromatic rings. The number of hydrogen-bond donors (Lipinski definition) is 2. The zero-order valence-corrected chi connectivity index (χ0v) is 12.9. The number of benzene rings is 1. The Morgan fingerprint density at radius 3 is 2.35 bits per heavy atom. The molecular weight excluding hydrogens is 298 g/mol. The van der Waals surface area contributed by atoms with Crippen molar-refractivity contribution in [2.45, 2.75) is 44.6 Å². The number of rotatable bonds is 4. The number of nitrogens with zero attached hydrogens (tertiary/aromatic N) is 2. The van der Waals surface area contributed by atoms with Gasteiger partial charge in [-0.05, 0) is 25.0 Å². The Morgan fingerprint density at radius 2 is 1.61 bits per heavy atom. The van der Waals surface area contributed by atoms with Crippen molar-refractivity contribution in [2.75, 3.05) is 10.6 Å². The monoisotopic (exact) mass is 318 g/mol. The summed E-state index contributed by atoms with van der Waals surface area (Å²) in [6.07, 6.45) is 8.83. The molecule has 0 amide bonds. The second kappa shape index (κ2) is 7.35. The molecule has 1 fully saturated rings. The third-order valence-electron chi connectivity index (χ3n) is 4.07. The molecule has 1 aliphatic rings. The molecule has 1 aromatic heterocycles. The van der Waals surface area contributed by atoms with Crippen molar-refractivity contribution in [1.82, 2.24) is 9.97 Å². The standard InChI is InChI=1S/C17H20F2N4/c18-14-8-7-13(9-15(14)19)23-17-10-16(20-11-21-17)22-12-5-3-1-2-4-6-12/h7-12H,1-6H2,(H2,20,21,22,23). The average Bonchev–Trinajstić information content (AvgIpc) is 2.80. The summed E-state index contributed by atoms with van der Waals surface area (Å²) in [7, 11) is 0. The number of halogens is 2. The highest BCUT2D eigenvalue weighted by atomic mass is 19.2. The van der Waals surface area contributed by atoms with Crippen LogP contribution >= 0.6 is 0 Å². The molecule has 3 rings (SSSR count). The number of nitrogens with one attached hydrogen (secondary N) is 2. The summed E-state index contributed by atoms with van der Waals surface area (Å²) in [5.41, 5.74) is 0.447.